The number of imide groups is 1. The van der Waals surface area contributed by atoms with E-state index in [1.165, 1.54) is 49.4 Å². The van der Waals surface area contributed by atoms with Crippen molar-refractivity contribution in [3.63, 3.8) is 0 Å². The first-order valence-electron chi connectivity index (χ1n) is 7.55. The molecule has 1 aliphatic heterocycles. The summed E-state index contributed by atoms with van der Waals surface area (Å²) >= 11 is 3.22. The number of nitrogens with zero attached hydrogens (tertiary/aromatic N) is 2. The number of non-ortho nitro benzene ring substituents is 1. The highest BCUT2D eigenvalue weighted by molar-refractivity contribution is 9.10. The lowest BCUT2D eigenvalue weighted by atomic mass is 9.91. The van der Waals surface area contributed by atoms with Crippen molar-refractivity contribution in [1.29, 1.82) is 0 Å². The van der Waals surface area contributed by atoms with Crippen molar-refractivity contribution >= 4 is 33.6 Å². The molecule has 1 atom stereocenters. The average Bonchev–Trinajstić information content (AvgIpc) is 2.82. The van der Waals surface area contributed by atoms with Crippen LogP contribution in [0.4, 0.5) is 14.9 Å². The first-order chi connectivity index (χ1) is 12.2. The van der Waals surface area contributed by atoms with Crippen LogP contribution >= 0.6 is 15.9 Å². The van der Waals surface area contributed by atoms with Gasteiger partial charge < -0.3 is 5.32 Å². The van der Waals surface area contributed by atoms with Crippen molar-refractivity contribution in [2.24, 2.45) is 0 Å². The number of nitrogens with one attached hydrogen (secondary N) is 1. The Labute approximate surface area is 156 Å². The molecule has 1 heterocycles. The highest BCUT2D eigenvalue weighted by atomic mass is 79.9. The predicted octanol–water partition coefficient (Wildman–Crippen LogP) is 3.46. The number of nitro benzene ring substituents is 1. The first-order valence-corrected chi connectivity index (χ1v) is 8.34. The number of halogens is 2. The lowest BCUT2D eigenvalue weighted by molar-refractivity contribution is -0.385. The van der Waals surface area contributed by atoms with Crippen molar-refractivity contribution in [3.8, 4) is 0 Å². The number of hydrogen-bond donors (Lipinski definition) is 1. The fraction of sp³-hybridized carbons (Fsp3) is 0.176. The molecule has 0 saturated carbocycles. The fourth-order valence-corrected chi connectivity index (χ4v) is 3.21. The summed E-state index contributed by atoms with van der Waals surface area (Å²) in [4.78, 5) is 36.5. The standard InChI is InChI=1S/C17H13BrFN3O4/c1-17(11-3-2-4-13(8-11)22(25)26)15(23)21(16(24)20-17)9-10-7-12(18)5-6-14(10)19/h2-8H,9H2,1H3,(H,20,24). The summed E-state index contributed by atoms with van der Waals surface area (Å²) in [6.45, 7) is 1.21. The molecule has 0 aliphatic carbocycles. The zero-order valence-corrected chi connectivity index (χ0v) is 15.1. The van der Waals surface area contributed by atoms with Crippen LogP contribution in [0.25, 0.3) is 0 Å². The highest BCUT2D eigenvalue weighted by Gasteiger charge is 2.49. The number of amides is 3. The highest BCUT2D eigenvalue weighted by Crippen LogP contribution is 2.32. The van der Waals surface area contributed by atoms with Crippen molar-refractivity contribution < 1.29 is 18.9 Å². The van der Waals surface area contributed by atoms with Gasteiger partial charge >= 0.3 is 6.03 Å². The van der Waals surface area contributed by atoms with E-state index in [9.17, 15) is 24.1 Å². The quantitative estimate of drug-likeness (QED) is 0.464. The Bertz CT molecular complexity index is 936. The molecule has 7 nitrogen and oxygen atoms in total. The average molecular weight is 422 g/mol. The summed E-state index contributed by atoms with van der Waals surface area (Å²) in [5.41, 5.74) is -1.21. The maximum Gasteiger partial charge on any atom is 0.325 e. The third kappa shape index (κ3) is 3.05. The normalized spacial score (nSPS) is 19.6. The van der Waals surface area contributed by atoms with E-state index < -0.39 is 28.2 Å². The van der Waals surface area contributed by atoms with Gasteiger partial charge in [-0.25, -0.2) is 9.18 Å². The van der Waals surface area contributed by atoms with Crippen LogP contribution in [-0.2, 0) is 16.9 Å². The van der Waals surface area contributed by atoms with E-state index in [2.05, 4.69) is 21.2 Å². The van der Waals surface area contributed by atoms with Gasteiger partial charge in [0.1, 0.15) is 11.4 Å². The minimum atomic E-state index is -1.47. The molecule has 0 spiro atoms. The monoisotopic (exact) mass is 421 g/mol. The molecule has 2 aromatic rings. The number of rotatable bonds is 4. The summed E-state index contributed by atoms with van der Waals surface area (Å²) in [5.74, 6) is -1.15. The fourth-order valence-electron chi connectivity index (χ4n) is 2.80. The Morgan fingerprint density at radius 1 is 1.27 bits per heavy atom. The van der Waals surface area contributed by atoms with E-state index in [0.717, 1.165) is 4.90 Å². The van der Waals surface area contributed by atoms with Crippen molar-refractivity contribution in [2.45, 2.75) is 19.0 Å². The van der Waals surface area contributed by atoms with Gasteiger partial charge in [-0.15, -0.1) is 0 Å². The zero-order chi connectivity index (χ0) is 19.1. The molecule has 1 fully saturated rings. The molecule has 9 heteroatoms. The van der Waals surface area contributed by atoms with Crippen LogP contribution in [0.2, 0.25) is 0 Å². The molecular weight excluding hydrogens is 409 g/mol. The Hall–Kier alpha value is -2.81. The number of carbonyl (C=O) groups excluding carboxylic acids is 2. The third-order valence-corrected chi connectivity index (χ3v) is 4.74. The summed E-state index contributed by atoms with van der Waals surface area (Å²) in [6.07, 6.45) is 0. The topological polar surface area (TPSA) is 92.6 Å². The second kappa shape index (κ2) is 6.49. The minimum absolute atomic E-state index is 0.172. The van der Waals surface area contributed by atoms with Crippen LogP contribution in [0.15, 0.2) is 46.9 Å². The van der Waals surface area contributed by atoms with Gasteiger partial charge in [0.05, 0.1) is 11.5 Å². The molecule has 0 radical (unpaired) electrons. The summed E-state index contributed by atoms with van der Waals surface area (Å²) in [6, 6.07) is 9.03. The Balaban J connectivity index is 1.94. The first kappa shape index (κ1) is 18.0. The number of urea groups is 1. The Morgan fingerprint density at radius 3 is 2.69 bits per heavy atom. The van der Waals surface area contributed by atoms with Crippen molar-refractivity contribution in [3.05, 3.63) is 74.0 Å². The van der Waals surface area contributed by atoms with Crippen LogP contribution in [0.3, 0.4) is 0 Å². The molecule has 2 aromatic carbocycles. The van der Waals surface area contributed by atoms with E-state index in [4.69, 9.17) is 0 Å². The zero-order valence-electron chi connectivity index (χ0n) is 13.5. The largest absolute Gasteiger partial charge is 0.325 e. The second-order valence-corrected chi connectivity index (χ2v) is 6.91. The van der Waals surface area contributed by atoms with Gasteiger partial charge in [-0.2, -0.15) is 0 Å². The Kier molecular flexibility index (Phi) is 4.49. The van der Waals surface area contributed by atoms with Gasteiger partial charge in [-0.05, 0) is 30.7 Å². The smallest absolute Gasteiger partial charge is 0.319 e. The summed E-state index contributed by atoms with van der Waals surface area (Å²) < 4.78 is 14.6. The molecule has 0 bridgehead atoms. The molecule has 3 amide bonds. The van der Waals surface area contributed by atoms with Gasteiger partial charge in [-0.1, -0.05) is 28.1 Å². The number of carbonyl (C=O) groups is 2. The summed E-state index contributed by atoms with van der Waals surface area (Å²) in [5, 5.41) is 13.5. The lowest BCUT2D eigenvalue weighted by Gasteiger charge is -2.22. The van der Waals surface area contributed by atoms with Gasteiger partial charge in [0.2, 0.25) is 0 Å². The number of hydrogen-bond acceptors (Lipinski definition) is 4. The molecule has 134 valence electrons. The molecular formula is C17H13BrFN3O4. The number of nitro groups is 1. The van der Waals surface area contributed by atoms with Crippen LogP contribution in [0, 0.1) is 15.9 Å². The van der Waals surface area contributed by atoms with Crippen LogP contribution in [-0.4, -0.2) is 21.8 Å². The molecule has 1 saturated heterocycles. The maximum absolute atomic E-state index is 14.0. The van der Waals surface area contributed by atoms with Crippen LogP contribution < -0.4 is 5.32 Å². The third-order valence-electron chi connectivity index (χ3n) is 4.25. The molecule has 0 aromatic heterocycles. The van der Waals surface area contributed by atoms with Crippen molar-refractivity contribution in [2.75, 3.05) is 0 Å². The van der Waals surface area contributed by atoms with Gasteiger partial charge in [-0.3, -0.25) is 19.8 Å². The second-order valence-electron chi connectivity index (χ2n) is 5.99. The van der Waals surface area contributed by atoms with E-state index in [0.29, 0.717) is 4.47 Å². The Morgan fingerprint density at radius 2 is 2.00 bits per heavy atom. The van der Waals surface area contributed by atoms with E-state index in [1.807, 2.05) is 0 Å². The van der Waals surface area contributed by atoms with E-state index in [-0.39, 0.29) is 23.4 Å². The van der Waals surface area contributed by atoms with Crippen molar-refractivity contribution in [1.82, 2.24) is 10.2 Å². The predicted molar refractivity (Wildman–Crippen MR) is 93.6 cm³/mol. The van der Waals surface area contributed by atoms with Gasteiger partial charge in [0.25, 0.3) is 11.6 Å². The van der Waals surface area contributed by atoms with Crippen LogP contribution in [0.1, 0.15) is 18.1 Å². The summed E-state index contributed by atoms with van der Waals surface area (Å²) in [7, 11) is 0. The maximum atomic E-state index is 14.0. The molecule has 1 unspecified atom stereocenters. The lowest BCUT2D eigenvalue weighted by Crippen LogP contribution is -2.40. The van der Waals surface area contributed by atoms with E-state index >= 15 is 0 Å². The van der Waals surface area contributed by atoms with Gasteiger partial charge in [0, 0.05) is 22.2 Å². The van der Waals surface area contributed by atoms with Gasteiger partial charge in [0.15, 0.2) is 0 Å². The number of benzene rings is 2. The molecule has 1 aliphatic rings. The van der Waals surface area contributed by atoms with Crippen LogP contribution in [0.5, 0.6) is 0 Å². The van der Waals surface area contributed by atoms with E-state index in [1.54, 1.807) is 0 Å². The molecule has 3 rings (SSSR count). The minimum Gasteiger partial charge on any atom is -0.319 e. The molecule has 1 N–H and O–H groups in total. The SMILES string of the molecule is CC1(c2cccc([N+](=O)[O-])c2)NC(=O)N(Cc2cc(Br)ccc2F)C1=O. The molecule has 26 heavy (non-hydrogen) atoms.